The van der Waals surface area contributed by atoms with E-state index in [0.717, 1.165) is 13.0 Å². The summed E-state index contributed by atoms with van der Waals surface area (Å²) in [6, 6.07) is 11.2. The van der Waals surface area contributed by atoms with Crippen molar-refractivity contribution in [1.82, 2.24) is 5.32 Å². The van der Waals surface area contributed by atoms with E-state index in [0.29, 0.717) is 6.04 Å². The van der Waals surface area contributed by atoms with E-state index in [9.17, 15) is 0 Å². The molecule has 1 atom stereocenters. The lowest BCUT2D eigenvalue weighted by molar-refractivity contribution is 0.578. The van der Waals surface area contributed by atoms with Crippen LogP contribution in [0, 0.1) is 6.92 Å². The average molecular weight is 245 g/mol. The SMILES string of the molecule is Cc1ccccc1CCNC(C)c1ccsc1. The van der Waals surface area contributed by atoms with Crippen molar-refractivity contribution >= 4 is 11.3 Å². The summed E-state index contributed by atoms with van der Waals surface area (Å²) in [4.78, 5) is 0. The Bertz CT molecular complexity index is 448. The fourth-order valence-corrected chi connectivity index (χ4v) is 2.71. The van der Waals surface area contributed by atoms with Crippen LogP contribution in [0.25, 0.3) is 0 Å². The summed E-state index contributed by atoms with van der Waals surface area (Å²) in [7, 11) is 0. The van der Waals surface area contributed by atoms with Gasteiger partial charge in [0.05, 0.1) is 0 Å². The quantitative estimate of drug-likeness (QED) is 0.841. The predicted octanol–water partition coefficient (Wildman–Crippen LogP) is 3.95. The van der Waals surface area contributed by atoms with Crippen LogP contribution >= 0.6 is 11.3 Å². The van der Waals surface area contributed by atoms with Crippen LogP contribution < -0.4 is 5.32 Å². The van der Waals surface area contributed by atoms with E-state index in [2.05, 4.69) is 60.3 Å². The lowest BCUT2D eigenvalue weighted by Crippen LogP contribution is -2.21. The highest BCUT2D eigenvalue weighted by molar-refractivity contribution is 7.07. The number of aryl methyl sites for hydroxylation is 1. The van der Waals surface area contributed by atoms with Gasteiger partial charge in [-0.2, -0.15) is 11.3 Å². The van der Waals surface area contributed by atoms with Gasteiger partial charge in [0.1, 0.15) is 0 Å². The molecule has 1 nitrogen and oxygen atoms in total. The molecule has 1 heterocycles. The van der Waals surface area contributed by atoms with Crippen molar-refractivity contribution in [2.24, 2.45) is 0 Å². The summed E-state index contributed by atoms with van der Waals surface area (Å²) < 4.78 is 0. The van der Waals surface area contributed by atoms with E-state index in [1.165, 1.54) is 16.7 Å². The fourth-order valence-electron chi connectivity index (χ4n) is 1.95. The summed E-state index contributed by atoms with van der Waals surface area (Å²) >= 11 is 1.76. The zero-order valence-corrected chi connectivity index (χ0v) is 11.3. The molecule has 0 radical (unpaired) electrons. The smallest absolute Gasteiger partial charge is 0.0300 e. The average Bonchev–Trinajstić information content (AvgIpc) is 2.85. The molecule has 1 N–H and O–H groups in total. The predicted molar refractivity (Wildman–Crippen MR) is 75.6 cm³/mol. The number of hydrogen-bond donors (Lipinski definition) is 1. The van der Waals surface area contributed by atoms with Gasteiger partial charge >= 0.3 is 0 Å². The molecular formula is C15H19NS. The maximum absolute atomic E-state index is 3.57. The van der Waals surface area contributed by atoms with Gasteiger partial charge in [-0.3, -0.25) is 0 Å². The maximum atomic E-state index is 3.57. The monoisotopic (exact) mass is 245 g/mol. The molecular weight excluding hydrogens is 226 g/mol. The topological polar surface area (TPSA) is 12.0 Å². The number of hydrogen-bond acceptors (Lipinski definition) is 2. The first-order valence-electron chi connectivity index (χ1n) is 6.07. The number of thiophene rings is 1. The van der Waals surface area contributed by atoms with Crippen molar-refractivity contribution < 1.29 is 0 Å². The van der Waals surface area contributed by atoms with Crippen molar-refractivity contribution in [3.05, 3.63) is 57.8 Å². The van der Waals surface area contributed by atoms with Gasteiger partial charge in [-0.25, -0.2) is 0 Å². The third-order valence-corrected chi connectivity index (χ3v) is 3.85. The molecule has 0 aliphatic rings. The highest BCUT2D eigenvalue weighted by Gasteiger charge is 2.04. The van der Waals surface area contributed by atoms with Gasteiger partial charge in [-0.1, -0.05) is 24.3 Å². The van der Waals surface area contributed by atoms with Crippen molar-refractivity contribution in [1.29, 1.82) is 0 Å². The van der Waals surface area contributed by atoms with Gasteiger partial charge in [0.25, 0.3) is 0 Å². The molecule has 0 bridgehead atoms. The van der Waals surface area contributed by atoms with E-state index in [-0.39, 0.29) is 0 Å². The highest BCUT2D eigenvalue weighted by Crippen LogP contribution is 2.15. The summed E-state index contributed by atoms with van der Waals surface area (Å²) in [6.45, 7) is 5.43. The van der Waals surface area contributed by atoms with Crippen molar-refractivity contribution in [3.63, 3.8) is 0 Å². The maximum Gasteiger partial charge on any atom is 0.0300 e. The van der Waals surface area contributed by atoms with Crippen LogP contribution in [0.2, 0.25) is 0 Å². The van der Waals surface area contributed by atoms with Crippen LogP contribution in [0.3, 0.4) is 0 Å². The molecule has 0 aliphatic carbocycles. The minimum atomic E-state index is 0.449. The second-order valence-corrected chi connectivity index (χ2v) is 5.19. The van der Waals surface area contributed by atoms with Crippen LogP contribution in [0.4, 0.5) is 0 Å². The summed E-state index contributed by atoms with van der Waals surface area (Å²) in [5, 5.41) is 7.91. The molecule has 17 heavy (non-hydrogen) atoms. The second kappa shape index (κ2) is 5.99. The van der Waals surface area contributed by atoms with E-state index < -0.39 is 0 Å². The minimum Gasteiger partial charge on any atom is -0.310 e. The van der Waals surface area contributed by atoms with Crippen LogP contribution in [-0.4, -0.2) is 6.54 Å². The van der Waals surface area contributed by atoms with Crippen molar-refractivity contribution in [2.75, 3.05) is 6.54 Å². The molecule has 0 fully saturated rings. The van der Waals surface area contributed by atoms with E-state index in [1.807, 2.05) is 0 Å². The van der Waals surface area contributed by atoms with Gasteiger partial charge in [-0.05, 0) is 60.3 Å². The molecule has 0 amide bonds. The Morgan fingerprint density at radius 2 is 2.06 bits per heavy atom. The Morgan fingerprint density at radius 1 is 1.24 bits per heavy atom. The van der Waals surface area contributed by atoms with Crippen molar-refractivity contribution in [3.8, 4) is 0 Å². The van der Waals surface area contributed by atoms with Crippen LogP contribution in [0.15, 0.2) is 41.1 Å². The van der Waals surface area contributed by atoms with Gasteiger partial charge in [0.15, 0.2) is 0 Å². The Labute approximate surface area is 108 Å². The summed E-state index contributed by atoms with van der Waals surface area (Å²) in [6.07, 6.45) is 1.10. The minimum absolute atomic E-state index is 0.449. The highest BCUT2D eigenvalue weighted by atomic mass is 32.1. The molecule has 1 aromatic carbocycles. The first-order valence-corrected chi connectivity index (χ1v) is 7.01. The molecule has 90 valence electrons. The molecule has 0 saturated heterocycles. The van der Waals surface area contributed by atoms with Crippen molar-refractivity contribution in [2.45, 2.75) is 26.3 Å². The number of rotatable bonds is 5. The lowest BCUT2D eigenvalue weighted by Gasteiger charge is -2.13. The number of benzene rings is 1. The van der Waals surface area contributed by atoms with Crippen LogP contribution in [0.1, 0.15) is 29.7 Å². The molecule has 2 heteroatoms. The Morgan fingerprint density at radius 3 is 2.76 bits per heavy atom. The van der Waals surface area contributed by atoms with Gasteiger partial charge in [0, 0.05) is 6.04 Å². The normalized spacial score (nSPS) is 12.6. The van der Waals surface area contributed by atoms with Crippen LogP contribution in [-0.2, 0) is 6.42 Å². The first-order chi connectivity index (χ1) is 8.27. The third kappa shape index (κ3) is 3.42. The van der Waals surface area contributed by atoms with Gasteiger partial charge < -0.3 is 5.32 Å². The Hall–Kier alpha value is -1.12. The second-order valence-electron chi connectivity index (χ2n) is 4.41. The molecule has 0 aliphatic heterocycles. The van der Waals surface area contributed by atoms with E-state index in [4.69, 9.17) is 0 Å². The lowest BCUT2D eigenvalue weighted by atomic mass is 10.1. The molecule has 2 aromatic rings. The summed E-state index contributed by atoms with van der Waals surface area (Å²) in [5.74, 6) is 0. The summed E-state index contributed by atoms with van der Waals surface area (Å²) in [5.41, 5.74) is 4.22. The molecule has 1 unspecified atom stereocenters. The number of nitrogens with one attached hydrogen (secondary N) is 1. The zero-order chi connectivity index (χ0) is 12.1. The van der Waals surface area contributed by atoms with Crippen LogP contribution in [0.5, 0.6) is 0 Å². The van der Waals surface area contributed by atoms with Gasteiger partial charge in [0.2, 0.25) is 0 Å². The molecule has 0 spiro atoms. The molecule has 0 saturated carbocycles. The molecule has 2 rings (SSSR count). The first kappa shape index (κ1) is 12.3. The van der Waals surface area contributed by atoms with E-state index >= 15 is 0 Å². The largest absolute Gasteiger partial charge is 0.310 e. The fraction of sp³-hybridized carbons (Fsp3) is 0.333. The Kier molecular flexibility index (Phi) is 4.35. The van der Waals surface area contributed by atoms with Gasteiger partial charge in [-0.15, -0.1) is 0 Å². The van der Waals surface area contributed by atoms with E-state index in [1.54, 1.807) is 11.3 Å². The standard InChI is InChI=1S/C15H19NS/c1-12-5-3-4-6-14(12)7-9-16-13(2)15-8-10-17-11-15/h3-6,8,10-11,13,16H,7,9H2,1-2H3. The third-order valence-electron chi connectivity index (χ3n) is 3.15. The zero-order valence-electron chi connectivity index (χ0n) is 10.4. The Balaban J connectivity index is 1.82. The molecule has 1 aromatic heterocycles.